The van der Waals surface area contributed by atoms with Gasteiger partial charge in [-0.3, -0.25) is 14.2 Å². The largest absolute Gasteiger partial charge is 0.325 e. The number of hydrogen-bond acceptors (Lipinski definition) is 6. The minimum atomic E-state index is -0.329. The maximum Gasteiger partial charge on any atom is 0.261 e. The summed E-state index contributed by atoms with van der Waals surface area (Å²) >= 11 is 0. The lowest BCUT2D eigenvalue weighted by Gasteiger charge is -2.09. The van der Waals surface area contributed by atoms with Crippen LogP contribution in [0.5, 0.6) is 0 Å². The minimum absolute atomic E-state index is 0.133. The van der Waals surface area contributed by atoms with E-state index in [2.05, 4.69) is 25.8 Å². The summed E-state index contributed by atoms with van der Waals surface area (Å²) in [5, 5.41) is 14.7. The molecule has 0 saturated carbocycles. The lowest BCUT2D eigenvalue weighted by molar-refractivity contribution is -0.116. The molecule has 9 nitrogen and oxygen atoms in total. The van der Waals surface area contributed by atoms with E-state index >= 15 is 0 Å². The monoisotopic (exact) mass is 375 g/mol. The molecule has 9 heteroatoms. The van der Waals surface area contributed by atoms with Crippen LogP contribution < -0.4 is 10.9 Å². The second-order valence-corrected chi connectivity index (χ2v) is 6.40. The van der Waals surface area contributed by atoms with Gasteiger partial charge in [0.25, 0.3) is 5.56 Å². The second kappa shape index (κ2) is 7.03. The molecule has 140 valence electrons. The van der Waals surface area contributed by atoms with Gasteiger partial charge >= 0.3 is 0 Å². The Morgan fingerprint density at radius 1 is 1.18 bits per heavy atom. The fraction of sp³-hybridized carbons (Fsp3) is 0.158. The predicted octanol–water partition coefficient (Wildman–Crippen LogP) is 1.53. The van der Waals surface area contributed by atoms with Crippen molar-refractivity contribution in [3.05, 3.63) is 64.7 Å². The van der Waals surface area contributed by atoms with Crippen LogP contribution in [0.3, 0.4) is 0 Å². The number of nitrogens with zero attached hydrogens (tertiary/aromatic N) is 6. The van der Waals surface area contributed by atoms with Crippen LogP contribution in [-0.2, 0) is 18.4 Å². The number of amides is 1. The van der Waals surface area contributed by atoms with Crippen LogP contribution >= 0.6 is 0 Å². The Morgan fingerprint density at radius 2 is 2.00 bits per heavy atom. The molecule has 0 atom stereocenters. The average molecular weight is 375 g/mol. The third kappa shape index (κ3) is 3.25. The first-order chi connectivity index (χ1) is 13.5. The van der Waals surface area contributed by atoms with Gasteiger partial charge in [-0.15, -0.1) is 5.10 Å². The molecule has 0 aliphatic carbocycles. The third-order valence-electron chi connectivity index (χ3n) is 4.39. The quantitative estimate of drug-likeness (QED) is 0.580. The van der Waals surface area contributed by atoms with Gasteiger partial charge in [-0.2, -0.15) is 0 Å². The number of benzene rings is 2. The number of tetrazole rings is 1. The van der Waals surface area contributed by atoms with Crippen LogP contribution in [0.2, 0.25) is 0 Å². The molecule has 0 radical (unpaired) electrons. The molecule has 2 aromatic carbocycles. The summed E-state index contributed by atoms with van der Waals surface area (Å²) in [4.78, 5) is 29.4. The average Bonchev–Trinajstić information content (AvgIpc) is 3.11. The van der Waals surface area contributed by atoms with Crippen molar-refractivity contribution < 1.29 is 4.79 Å². The first kappa shape index (κ1) is 17.5. The lowest BCUT2D eigenvalue weighted by Crippen LogP contribution is -2.28. The smallest absolute Gasteiger partial charge is 0.261 e. The zero-order valence-electron chi connectivity index (χ0n) is 15.3. The molecule has 2 aromatic heterocycles. The van der Waals surface area contributed by atoms with E-state index in [-0.39, 0.29) is 18.0 Å². The highest BCUT2D eigenvalue weighted by Gasteiger charge is 2.11. The van der Waals surface area contributed by atoms with Gasteiger partial charge in [-0.25, -0.2) is 9.67 Å². The third-order valence-corrected chi connectivity index (χ3v) is 4.39. The molecule has 0 aliphatic rings. The molecule has 0 saturated heterocycles. The van der Waals surface area contributed by atoms with E-state index in [1.165, 1.54) is 10.9 Å². The Kier molecular flexibility index (Phi) is 4.40. The maximum absolute atomic E-state index is 12.6. The van der Waals surface area contributed by atoms with Crippen LogP contribution in [0.15, 0.2) is 53.6 Å². The van der Waals surface area contributed by atoms with Crippen LogP contribution in [0.1, 0.15) is 5.56 Å². The Morgan fingerprint density at radius 3 is 2.79 bits per heavy atom. The van der Waals surface area contributed by atoms with Gasteiger partial charge in [0.2, 0.25) is 5.91 Å². The Hall–Kier alpha value is -3.88. The number of para-hydroxylation sites is 1. The number of aromatic nitrogens is 6. The van der Waals surface area contributed by atoms with Crippen LogP contribution in [0.4, 0.5) is 5.69 Å². The van der Waals surface area contributed by atoms with Gasteiger partial charge < -0.3 is 5.32 Å². The highest BCUT2D eigenvalue weighted by Crippen LogP contribution is 2.19. The molecule has 0 fully saturated rings. The van der Waals surface area contributed by atoms with Gasteiger partial charge in [-0.05, 0) is 41.1 Å². The molecule has 2 heterocycles. The number of nitrogens with one attached hydrogen (secondary N) is 1. The number of anilines is 1. The molecule has 0 unspecified atom stereocenters. The standard InChI is InChI=1S/C19H17N7O2/c1-12-5-3-8-15-17(12)20-11-26(19(15)28)10-16(27)21-14-7-4-6-13(9-14)18-22-23-24-25(18)2/h3-9,11H,10H2,1-2H3,(H,21,27). The van der Waals surface area contributed by atoms with E-state index in [1.54, 1.807) is 42.1 Å². The summed E-state index contributed by atoms with van der Waals surface area (Å²) in [6.45, 7) is 1.76. The van der Waals surface area contributed by atoms with Gasteiger partial charge in [0.05, 0.1) is 17.2 Å². The van der Waals surface area contributed by atoms with E-state index < -0.39 is 0 Å². The van der Waals surface area contributed by atoms with Crippen molar-refractivity contribution in [1.29, 1.82) is 0 Å². The zero-order valence-corrected chi connectivity index (χ0v) is 15.3. The molecular weight excluding hydrogens is 358 g/mol. The molecule has 4 rings (SSSR count). The summed E-state index contributed by atoms with van der Waals surface area (Å²) in [6, 6.07) is 12.6. The lowest BCUT2D eigenvalue weighted by atomic mass is 10.1. The minimum Gasteiger partial charge on any atom is -0.325 e. The van der Waals surface area contributed by atoms with Crippen molar-refractivity contribution in [3.63, 3.8) is 0 Å². The topological polar surface area (TPSA) is 108 Å². The normalized spacial score (nSPS) is 10.9. The molecule has 0 spiro atoms. The van der Waals surface area contributed by atoms with E-state index in [0.29, 0.717) is 22.4 Å². The first-order valence-electron chi connectivity index (χ1n) is 8.60. The van der Waals surface area contributed by atoms with Crippen molar-refractivity contribution in [2.75, 3.05) is 5.32 Å². The van der Waals surface area contributed by atoms with Crippen molar-refractivity contribution in [2.45, 2.75) is 13.5 Å². The first-order valence-corrected chi connectivity index (χ1v) is 8.60. The predicted molar refractivity (Wildman–Crippen MR) is 104 cm³/mol. The van der Waals surface area contributed by atoms with Gasteiger partial charge in [0, 0.05) is 18.3 Å². The van der Waals surface area contributed by atoms with E-state index in [9.17, 15) is 9.59 Å². The van der Waals surface area contributed by atoms with E-state index in [1.807, 2.05) is 19.1 Å². The van der Waals surface area contributed by atoms with E-state index in [0.717, 1.165) is 11.1 Å². The molecular formula is C19H17N7O2. The van der Waals surface area contributed by atoms with E-state index in [4.69, 9.17) is 0 Å². The van der Waals surface area contributed by atoms with Crippen molar-refractivity contribution in [3.8, 4) is 11.4 Å². The molecule has 0 bridgehead atoms. The SMILES string of the molecule is Cc1cccc2c(=O)n(CC(=O)Nc3cccc(-c4nnnn4C)c3)cnc12. The fourth-order valence-corrected chi connectivity index (χ4v) is 3.02. The maximum atomic E-state index is 12.6. The molecule has 1 amide bonds. The molecule has 1 N–H and O–H groups in total. The molecule has 0 aliphatic heterocycles. The zero-order chi connectivity index (χ0) is 19.7. The van der Waals surface area contributed by atoms with Gasteiger partial charge in [-0.1, -0.05) is 24.3 Å². The Labute approximate surface area is 159 Å². The summed E-state index contributed by atoms with van der Waals surface area (Å²) in [6.07, 6.45) is 1.40. The number of fused-ring (bicyclic) bond motifs is 1. The number of rotatable bonds is 4. The van der Waals surface area contributed by atoms with Gasteiger partial charge in [0.15, 0.2) is 5.82 Å². The summed E-state index contributed by atoms with van der Waals surface area (Å²) in [7, 11) is 1.74. The van der Waals surface area contributed by atoms with Crippen LogP contribution in [0, 0.1) is 6.92 Å². The Balaban J connectivity index is 1.56. The number of carbonyl (C=O) groups is 1. The molecule has 4 aromatic rings. The highest BCUT2D eigenvalue weighted by molar-refractivity contribution is 5.91. The summed E-state index contributed by atoms with van der Waals surface area (Å²) in [5.41, 5.74) is 2.67. The number of aryl methyl sites for hydroxylation is 2. The summed E-state index contributed by atoms with van der Waals surface area (Å²) in [5.74, 6) is 0.255. The second-order valence-electron chi connectivity index (χ2n) is 6.40. The van der Waals surface area contributed by atoms with Crippen molar-refractivity contribution >= 4 is 22.5 Å². The summed E-state index contributed by atoms with van der Waals surface area (Å²) < 4.78 is 2.84. The van der Waals surface area contributed by atoms with Gasteiger partial charge in [0.1, 0.15) is 6.54 Å². The molecule has 28 heavy (non-hydrogen) atoms. The Bertz CT molecular complexity index is 1240. The van der Waals surface area contributed by atoms with Crippen LogP contribution in [0.25, 0.3) is 22.3 Å². The highest BCUT2D eigenvalue weighted by atomic mass is 16.2. The van der Waals surface area contributed by atoms with Crippen molar-refractivity contribution in [2.24, 2.45) is 7.05 Å². The number of carbonyl (C=O) groups excluding carboxylic acids is 1. The fourth-order valence-electron chi connectivity index (χ4n) is 3.02. The van der Waals surface area contributed by atoms with Crippen LogP contribution in [-0.4, -0.2) is 35.7 Å². The van der Waals surface area contributed by atoms with Crippen molar-refractivity contribution in [1.82, 2.24) is 29.8 Å². The number of hydrogen-bond donors (Lipinski definition) is 1.